The zero-order chi connectivity index (χ0) is 25.7. The molecule has 1 amide bonds. The molecule has 4 aromatic rings. The number of ether oxygens (including phenoxy) is 1. The van der Waals surface area contributed by atoms with E-state index in [4.69, 9.17) is 10.00 Å². The van der Waals surface area contributed by atoms with Crippen LogP contribution in [0, 0.1) is 11.3 Å². The van der Waals surface area contributed by atoms with Gasteiger partial charge in [0.2, 0.25) is 0 Å². The molecule has 37 heavy (non-hydrogen) atoms. The third-order valence-corrected chi connectivity index (χ3v) is 6.82. The summed E-state index contributed by atoms with van der Waals surface area (Å²) >= 11 is 0. The number of hydrogen-bond acceptors (Lipinski definition) is 5. The second-order valence-corrected chi connectivity index (χ2v) is 10.6. The Kier molecular flexibility index (Phi) is 5.39. The molecule has 0 aliphatic carbocycles. The van der Waals surface area contributed by atoms with Crippen molar-refractivity contribution in [1.82, 2.24) is 19.4 Å². The summed E-state index contributed by atoms with van der Waals surface area (Å²) in [4.78, 5) is 19.1. The van der Waals surface area contributed by atoms with Crippen molar-refractivity contribution < 1.29 is 9.53 Å². The molecule has 6 rings (SSSR count). The van der Waals surface area contributed by atoms with Crippen molar-refractivity contribution in [3.8, 4) is 34.4 Å². The third-order valence-electron chi connectivity index (χ3n) is 6.82. The minimum absolute atomic E-state index is 0.0442. The molecule has 1 fully saturated rings. The third kappa shape index (κ3) is 4.28. The Morgan fingerprint density at radius 3 is 2.70 bits per heavy atom. The molecule has 2 aliphatic rings. The lowest BCUT2D eigenvalue weighted by molar-refractivity contribution is 0.135. The number of imidazole rings is 1. The van der Waals surface area contributed by atoms with E-state index >= 15 is 0 Å². The molecule has 1 saturated heterocycles. The van der Waals surface area contributed by atoms with E-state index in [2.05, 4.69) is 70.7 Å². The number of anilines is 1. The van der Waals surface area contributed by atoms with Gasteiger partial charge in [-0.25, -0.2) is 9.78 Å². The molecular formula is C29H28N6O2. The standard InChI is InChI=1S/C29H28N6O2/c1-29(2,3)32-15-24-18-35(28(36)37-24)23-8-9-25-22(12-23)17-33-16-21(20-6-4-19(14-30)5-7-20)13-26(33)27-31-10-11-34(25)27/h4-13,16,24,32H,15,17-18H2,1-3H3/t24-/m1/s1. The molecule has 2 aromatic heterocycles. The van der Waals surface area contributed by atoms with Crippen LogP contribution in [-0.2, 0) is 11.3 Å². The first kappa shape index (κ1) is 23.1. The lowest BCUT2D eigenvalue weighted by Crippen LogP contribution is -2.42. The fourth-order valence-corrected chi connectivity index (χ4v) is 4.95. The van der Waals surface area contributed by atoms with Gasteiger partial charge in [-0.05, 0) is 68.3 Å². The van der Waals surface area contributed by atoms with Crippen molar-refractivity contribution >= 4 is 11.8 Å². The van der Waals surface area contributed by atoms with Crippen LogP contribution >= 0.6 is 0 Å². The molecule has 0 unspecified atom stereocenters. The normalized spacial score (nSPS) is 16.4. The van der Waals surface area contributed by atoms with Gasteiger partial charge >= 0.3 is 6.09 Å². The van der Waals surface area contributed by atoms with Crippen molar-refractivity contribution in [2.45, 2.75) is 39.0 Å². The van der Waals surface area contributed by atoms with Crippen molar-refractivity contribution in [1.29, 1.82) is 5.26 Å². The summed E-state index contributed by atoms with van der Waals surface area (Å²) in [5, 5.41) is 12.6. The average Bonchev–Trinajstić information content (AvgIpc) is 3.59. The first-order chi connectivity index (χ1) is 17.8. The Balaban J connectivity index is 1.33. The van der Waals surface area contributed by atoms with Gasteiger partial charge in [-0.15, -0.1) is 0 Å². The zero-order valence-corrected chi connectivity index (χ0v) is 21.1. The molecule has 1 N–H and O–H groups in total. The van der Waals surface area contributed by atoms with Crippen LogP contribution in [0.3, 0.4) is 0 Å². The maximum atomic E-state index is 12.7. The minimum Gasteiger partial charge on any atom is -0.443 e. The quantitative estimate of drug-likeness (QED) is 0.383. The van der Waals surface area contributed by atoms with E-state index in [0.29, 0.717) is 25.2 Å². The molecule has 2 aromatic carbocycles. The predicted octanol–water partition coefficient (Wildman–Crippen LogP) is 4.95. The molecule has 0 spiro atoms. The Morgan fingerprint density at radius 2 is 1.95 bits per heavy atom. The number of carbonyl (C=O) groups excluding carboxylic acids is 1. The SMILES string of the molecule is CC(C)(C)NC[C@@H]1CN(c2ccc3c(c2)Cn2cc(-c4ccc(C#N)cc4)cc2-c2nccn2-3)C(=O)O1. The Labute approximate surface area is 215 Å². The lowest BCUT2D eigenvalue weighted by atomic mass is 10.1. The molecule has 0 bridgehead atoms. The molecule has 2 aliphatic heterocycles. The highest BCUT2D eigenvalue weighted by Gasteiger charge is 2.33. The number of aromatic nitrogens is 3. The maximum absolute atomic E-state index is 12.7. The van der Waals surface area contributed by atoms with Crippen LogP contribution in [0.1, 0.15) is 31.9 Å². The maximum Gasteiger partial charge on any atom is 0.414 e. The van der Waals surface area contributed by atoms with E-state index in [1.807, 2.05) is 42.7 Å². The fourth-order valence-electron chi connectivity index (χ4n) is 4.95. The van der Waals surface area contributed by atoms with Gasteiger partial charge in [0.25, 0.3) is 0 Å². The van der Waals surface area contributed by atoms with Crippen molar-refractivity contribution in [3.05, 3.63) is 78.2 Å². The molecular weight excluding hydrogens is 464 g/mol. The van der Waals surface area contributed by atoms with Crippen LogP contribution < -0.4 is 10.2 Å². The van der Waals surface area contributed by atoms with Gasteiger partial charge in [-0.3, -0.25) is 9.47 Å². The van der Waals surface area contributed by atoms with Gasteiger partial charge in [0.1, 0.15) is 6.10 Å². The van der Waals surface area contributed by atoms with Crippen molar-refractivity contribution in [3.63, 3.8) is 0 Å². The summed E-state index contributed by atoms with van der Waals surface area (Å²) in [7, 11) is 0. The van der Waals surface area contributed by atoms with Crippen LogP contribution in [0.2, 0.25) is 0 Å². The Bertz CT molecular complexity index is 1530. The summed E-state index contributed by atoms with van der Waals surface area (Å²) in [6.07, 6.45) is 5.38. The second kappa shape index (κ2) is 8.64. The van der Waals surface area contributed by atoms with Crippen LogP contribution in [0.4, 0.5) is 10.5 Å². The van der Waals surface area contributed by atoms with Gasteiger partial charge in [-0.1, -0.05) is 12.1 Å². The number of benzene rings is 2. The number of cyclic esters (lactones) is 1. The van der Waals surface area contributed by atoms with Gasteiger partial charge in [0, 0.05) is 48.5 Å². The highest BCUT2D eigenvalue weighted by Crippen LogP contribution is 2.36. The summed E-state index contributed by atoms with van der Waals surface area (Å²) < 4.78 is 9.94. The Morgan fingerprint density at radius 1 is 1.14 bits per heavy atom. The van der Waals surface area contributed by atoms with E-state index in [1.165, 1.54) is 0 Å². The molecule has 1 atom stereocenters. The molecule has 0 radical (unpaired) electrons. The van der Waals surface area contributed by atoms with Gasteiger partial charge < -0.3 is 14.6 Å². The first-order valence-electron chi connectivity index (χ1n) is 12.4. The monoisotopic (exact) mass is 492 g/mol. The number of nitrogens with zero attached hydrogens (tertiary/aromatic N) is 5. The summed E-state index contributed by atoms with van der Waals surface area (Å²) in [6.45, 7) is 8.05. The van der Waals surface area contributed by atoms with E-state index < -0.39 is 0 Å². The summed E-state index contributed by atoms with van der Waals surface area (Å²) in [5.74, 6) is 0.861. The average molecular weight is 493 g/mol. The van der Waals surface area contributed by atoms with Crippen LogP contribution in [0.15, 0.2) is 67.1 Å². The predicted molar refractivity (Wildman–Crippen MR) is 142 cm³/mol. The van der Waals surface area contributed by atoms with E-state index in [0.717, 1.165) is 39.6 Å². The fraction of sp³-hybridized carbons (Fsp3) is 0.276. The highest BCUT2D eigenvalue weighted by atomic mass is 16.6. The van der Waals surface area contributed by atoms with E-state index in [9.17, 15) is 4.79 Å². The van der Waals surface area contributed by atoms with Gasteiger partial charge in [0.15, 0.2) is 5.82 Å². The van der Waals surface area contributed by atoms with Gasteiger partial charge in [0.05, 0.1) is 29.6 Å². The topological polar surface area (TPSA) is 88.1 Å². The number of nitrogens with one attached hydrogen (secondary N) is 1. The lowest BCUT2D eigenvalue weighted by Gasteiger charge is -2.22. The summed E-state index contributed by atoms with van der Waals surface area (Å²) in [5.41, 5.74) is 6.66. The largest absolute Gasteiger partial charge is 0.443 e. The molecule has 8 heteroatoms. The summed E-state index contributed by atoms with van der Waals surface area (Å²) in [6, 6.07) is 18.0. The number of nitriles is 1. The minimum atomic E-state index is -0.317. The number of hydrogen-bond donors (Lipinski definition) is 1. The highest BCUT2D eigenvalue weighted by molar-refractivity contribution is 5.90. The molecule has 4 heterocycles. The van der Waals surface area contributed by atoms with E-state index in [1.54, 1.807) is 4.90 Å². The van der Waals surface area contributed by atoms with Crippen molar-refractivity contribution in [2.24, 2.45) is 0 Å². The van der Waals surface area contributed by atoms with Crippen LogP contribution in [0.25, 0.3) is 28.3 Å². The van der Waals surface area contributed by atoms with Crippen molar-refractivity contribution in [2.75, 3.05) is 18.0 Å². The van der Waals surface area contributed by atoms with Crippen LogP contribution in [0.5, 0.6) is 0 Å². The number of carbonyl (C=O) groups is 1. The smallest absolute Gasteiger partial charge is 0.414 e. The number of fused-ring (bicyclic) bond motifs is 5. The second-order valence-electron chi connectivity index (χ2n) is 10.6. The first-order valence-corrected chi connectivity index (χ1v) is 12.4. The van der Waals surface area contributed by atoms with E-state index in [-0.39, 0.29) is 17.7 Å². The zero-order valence-electron chi connectivity index (χ0n) is 21.1. The van der Waals surface area contributed by atoms with Gasteiger partial charge in [-0.2, -0.15) is 5.26 Å². The molecule has 8 nitrogen and oxygen atoms in total. The number of amides is 1. The molecule has 186 valence electrons. The Hall–Kier alpha value is -4.35. The molecule has 0 saturated carbocycles. The number of rotatable bonds is 4. The van der Waals surface area contributed by atoms with Crippen LogP contribution in [-0.4, -0.2) is 44.9 Å².